The van der Waals surface area contributed by atoms with Crippen molar-refractivity contribution in [3.8, 4) is 0 Å². The van der Waals surface area contributed by atoms with Crippen molar-refractivity contribution in [2.45, 2.75) is 25.3 Å². The molecular weight excluding hydrogens is 306 g/mol. The molecule has 0 heterocycles. The highest BCUT2D eigenvalue weighted by Gasteiger charge is 2.10. The summed E-state index contributed by atoms with van der Waals surface area (Å²) in [7, 11) is -3.24. The molecular formula is C16H18ClNO2S. The van der Waals surface area contributed by atoms with Gasteiger partial charge < -0.3 is 5.32 Å². The van der Waals surface area contributed by atoms with Crippen LogP contribution < -0.4 is 5.32 Å². The normalized spacial score (nSPS) is 11.4. The zero-order valence-electron chi connectivity index (χ0n) is 12.3. The van der Waals surface area contributed by atoms with E-state index in [1.807, 2.05) is 13.8 Å². The summed E-state index contributed by atoms with van der Waals surface area (Å²) in [6, 6.07) is 10.9. The fourth-order valence-corrected chi connectivity index (χ4v) is 2.88. The van der Waals surface area contributed by atoms with Gasteiger partial charge in [0.15, 0.2) is 9.84 Å². The smallest absolute Gasteiger partial charge is 0.175 e. The molecule has 0 aromatic heterocycles. The van der Waals surface area contributed by atoms with Gasteiger partial charge in [0.25, 0.3) is 0 Å². The van der Waals surface area contributed by atoms with E-state index in [1.165, 1.54) is 23.4 Å². The van der Waals surface area contributed by atoms with Crippen molar-refractivity contribution in [1.29, 1.82) is 0 Å². The molecule has 1 N–H and O–H groups in total. The molecule has 0 aliphatic heterocycles. The fraction of sp³-hybridized carbons (Fsp3) is 0.250. The largest absolute Gasteiger partial charge is 0.380 e. The van der Waals surface area contributed by atoms with E-state index in [-0.39, 0.29) is 4.90 Å². The SMILES string of the molecule is Cc1ccc(C)c(CNc2cc(S(C)(=O)=O)ccc2Cl)c1. The third-order valence-electron chi connectivity index (χ3n) is 3.34. The Morgan fingerprint density at radius 1 is 1.10 bits per heavy atom. The van der Waals surface area contributed by atoms with Gasteiger partial charge in [0.05, 0.1) is 15.6 Å². The van der Waals surface area contributed by atoms with Crippen molar-refractivity contribution < 1.29 is 8.42 Å². The van der Waals surface area contributed by atoms with Gasteiger partial charge >= 0.3 is 0 Å². The molecule has 0 atom stereocenters. The second-order valence-electron chi connectivity index (χ2n) is 5.20. The summed E-state index contributed by atoms with van der Waals surface area (Å²) in [5.74, 6) is 0. The number of benzene rings is 2. The molecule has 21 heavy (non-hydrogen) atoms. The molecule has 2 aromatic carbocycles. The van der Waals surface area contributed by atoms with Crippen LogP contribution in [0.2, 0.25) is 5.02 Å². The van der Waals surface area contributed by atoms with Gasteiger partial charge in [-0.05, 0) is 43.2 Å². The van der Waals surface area contributed by atoms with Crippen LogP contribution >= 0.6 is 11.6 Å². The van der Waals surface area contributed by atoms with Gasteiger partial charge in [-0.3, -0.25) is 0 Å². The monoisotopic (exact) mass is 323 g/mol. The summed E-state index contributed by atoms with van der Waals surface area (Å²) in [6.07, 6.45) is 1.19. The van der Waals surface area contributed by atoms with Crippen molar-refractivity contribution in [1.82, 2.24) is 0 Å². The maximum atomic E-state index is 11.6. The highest BCUT2D eigenvalue weighted by atomic mass is 35.5. The third-order valence-corrected chi connectivity index (χ3v) is 4.78. The first kappa shape index (κ1) is 15.9. The first-order chi connectivity index (χ1) is 9.77. The van der Waals surface area contributed by atoms with Gasteiger partial charge in [-0.2, -0.15) is 0 Å². The number of hydrogen-bond donors (Lipinski definition) is 1. The zero-order valence-corrected chi connectivity index (χ0v) is 13.8. The number of halogens is 1. The number of sulfone groups is 1. The van der Waals surface area contributed by atoms with Crippen LogP contribution in [0.5, 0.6) is 0 Å². The standard InChI is InChI=1S/C16H18ClNO2S/c1-11-4-5-12(2)13(8-11)10-18-16-9-14(21(3,19)20)6-7-15(16)17/h4-9,18H,10H2,1-3H3. The van der Waals surface area contributed by atoms with Gasteiger partial charge in [0, 0.05) is 12.8 Å². The number of aryl methyl sites for hydroxylation is 2. The first-order valence-corrected chi connectivity index (χ1v) is 8.84. The predicted molar refractivity (Wildman–Crippen MR) is 87.8 cm³/mol. The minimum Gasteiger partial charge on any atom is -0.380 e. The molecule has 3 nitrogen and oxygen atoms in total. The summed E-state index contributed by atoms with van der Waals surface area (Å²) in [5, 5.41) is 3.72. The first-order valence-electron chi connectivity index (χ1n) is 6.57. The summed E-state index contributed by atoms with van der Waals surface area (Å²) < 4.78 is 23.2. The van der Waals surface area contributed by atoms with Crippen molar-refractivity contribution in [3.63, 3.8) is 0 Å². The molecule has 0 amide bonds. The van der Waals surface area contributed by atoms with Crippen LogP contribution in [0.25, 0.3) is 0 Å². The molecule has 5 heteroatoms. The van der Waals surface area contributed by atoms with E-state index >= 15 is 0 Å². The molecule has 0 radical (unpaired) electrons. The van der Waals surface area contributed by atoms with E-state index in [1.54, 1.807) is 12.1 Å². The van der Waals surface area contributed by atoms with E-state index in [4.69, 9.17) is 11.6 Å². The topological polar surface area (TPSA) is 46.2 Å². The van der Waals surface area contributed by atoms with E-state index < -0.39 is 9.84 Å². The molecule has 112 valence electrons. The molecule has 2 aromatic rings. The molecule has 0 aliphatic carbocycles. The Bertz CT molecular complexity index is 770. The lowest BCUT2D eigenvalue weighted by atomic mass is 10.1. The van der Waals surface area contributed by atoms with E-state index in [0.29, 0.717) is 17.3 Å². The summed E-state index contributed by atoms with van der Waals surface area (Å²) >= 11 is 6.13. The minimum absolute atomic E-state index is 0.260. The van der Waals surface area contributed by atoms with Gasteiger partial charge in [-0.1, -0.05) is 35.4 Å². The number of anilines is 1. The summed E-state index contributed by atoms with van der Waals surface area (Å²) in [5.41, 5.74) is 4.16. The number of hydrogen-bond acceptors (Lipinski definition) is 3. The molecule has 2 rings (SSSR count). The van der Waals surface area contributed by atoms with Crippen LogP contribution in [-0.2, 0) is 16.4 Å². The van der Waals surface area contributed by atoms with Crippen LogP contribution in [-0.4, -0.2) is 14.7 Å². The molecule has 0 unspecified atom stereocenters. The Balaban J connectivity index is 2.26. The maximum absolute atomic E-state index is 11.6. The Kier molecular flexibility index (Phi) is 4.59. The Morgan fingerprint density at radius 2 is 1.81 bits per heavy atom. The lowest BCUT2D eigenvalue weighted by molar-refractivity contribution is 0.602. The second kappa shape index (κ2) is 6.08. The average Bonchev–Trinajstić information content (AvgIpc) is 2.40. The molecule has 0 saturated carbocycles. The zero-order chi connectivity index (χ0) is 15.6. The Labute approximate surface area is 130 Å². The van der Waals surface area contributed by atoms with Crippen LogP contribution in [0.4, 0.5) is 5.69 Å². The van der Waals surface area contributed by atoms with E-state index in [0.717, 1.165) is 5.56 Å². The lowest BCUT2D eigenvalue weighted by Crippen LogP contribution is -2.04. The minimum atomic E-state index is -3.24. The molecule has 0 aliphatic rings. The molecule has 0 fully saturated rings. The second-order valence-corrected chi connectivity index (χ2v) is 7.62. The van der Waals surface area contributed by atoms with Crippen LogP contribution in [0, 0.1) is 13.8 Å². The van der Waals surface area contributed by atoms with Gasteiger partial charge in [0.2, 0.25) is 0 Å². The number of rotatable bonds is 4. The van der Waals surface area contributed by atoms with Crippen molar-refractivity contribution in [2.24, 2.45) is 0 Å². The van der Waals surface area contributed by atoms with Crippen LogP contribution in [0.15, 0.2) is 41.3 Å². The van der Waals surface area contributed by atoms with Crippen molar-refractivity contribution in [2.75, 3.05) is 11.6 Å². The van der Waals surface area contributed by atoms with Crippen LogP contribution in [0.1, 0.15) is 16.7 Å². The average molecular weight is 324 g/mol. The Hall–Kier alpha value is -1.52. The molecule has 0 saturated heterocycles. The van der Waals surface area contributed by atoms with Gasteiger partial charge in [-0.15, -0.1) is 0 Å². The summed E-state index contributed by atoms with van der Waals surface area (Å²) in [4.78, 5) is 0.260. The number of nitrogens with one attached hydrogen (secondary N) is 1. The third kappa shape index (κ3) is 3.99. The van der Waals surface area contributed by atoms with Crippen molar-refractivity contribution >= 4 is 27.1 Å². The lowest BCUT2D eigenvalue weighted by Gasteiger charge is -2.12. The highest BCUT2D eigenvalue weighted by molar-refractivity contribution is 7.90. The molecule has 0 bridgehead atoms. The fourth-order valence-electron chi connectivity index (χ4n) is 2.05. The highest BCUT2D eigenvalue weighted by Crippen LogP contribution is 2.26. The van der Waals surface area contributed by atoms with Crippen molar-refractivity contribution in [3.05, 3.63) is 58.1 Å². The van der Waals surface area contributed by atoms with Crippen LogP contribution in [0.3, 0.4) is 0 Å². The summed E-state index contributed by atoms with van der Waals surface area (Å²) in [6.45, 7) is 4.69. The maximum Gasteiger partial charge on any atom is 0.175 e. The predicted octanol–water partition coefficient (Wildman–Crippen LogP) is 3.97. The van der Waals surface area contributed by atoms with Gasteiger partial charge in [-0.25, -0.2) is 8.42 Å². The van der Waals surface area contributed by atoms with Gasteiger partial charge in [0.1, 0.15) is 0 Å². The Morgan fingerprint density at radius 3 is 2.48 bits per heavy atom. The van der Waals surface area contributed by atoms with E-state index in [2.05, 4.69) is 23.5 Å². The molecule has 0 spiro atoms. The van der Waals surface area contributed by atoms with E-state index in [9.17, 15) is 8.42 Å². The quantitative estimate of drug-likeness (QED) is 0.926.